The third-order valence-corrected chi connectivity index (χ3v) is 4.09. The van der Waals surface area contributed by atoms with E-state index in [9.17, 15) is 9.59 Å². The number of amides is 2. The van der Waals surface area contributed by atoms with Crippen molar-refractivity contribution >= 4 is 23.2 Å². The zero-order valence-corrected chi connectivity index (χ0v) is 15.1. The first-order valence-electron chi connectivity index (χ1n) is 7.45. The van der Waals surface area contributed by atoms with Crippen LogP contribution in [0, 0.1) is 0 Å². The van der Waals surface area contributed by atoms with E-state index in [1.165, 1.54) is 32.7 Å². The van der Waals surface area contributed by atoms with Gasteiger partial charge in [0.1, 0.15) is 0 Å². The van der Waals surface area contributed by atoms with Gasteiger partial charge in [-0.3, -0.25) is 9.59 Å². The number of methoxy groups -OCH3 is 3. The van der Waals surface area contributed by atoms with Crippen molar-refractivity contribution < 1.29 is 23.8 Å². The fourth-order valence-electron chi connectivity index (χ4n) is 2.16. The Labute approximate surface area is 149 Å². The summed E-state index contributed by atoms with van der Waals surface area (Å²) >= 11 is 1.42. The molecule has 0 aliphatic carbocycles. The van der Waals surface area contributed by atoms with Gasteiger partial charge in [0.25, 0.3) is 5.91 Å². The van der Waals surface area contributed by atoms with Gasteiger partial charge in [-0.25, -0.2) is 0 Å². The van der Waals surface area contributed by atoms with Gasteiger partial charge in [0.15, 0.2) is 11.5 Å². The number of benzene rings is 1. The maximum absolute atomic E-state index is 11.9. The largest absolute Gasteiger partial charge is 0.493 e. The summed E-state index contributed by atoms with van der Waals surface area (Å²) in [4.78, 5) is 23.7. The monoisotopic (exact) mass is 364 g/mol. The number of ether oxygens (including phenoxy) is 3. The Bertz CT molecular complexity index is 706. The maximum atomic E-state index is 11.9. The lowest BCUT2D eigenvalue weighted by atomic mass is 10.1. The van der Waals surface area contributed by atoms with Crippen LogP contribution in [-0.2, 0) is 11.3 Å². The van der Waals surface area contributed by atoms with E-state index >= 15 is 0 Å². The quantitative estimate of drug-likeness (QED) is 0.746. The van der Waals surface area contributed by atoms with Gasteiger partial charge in [-0.2, -0.15) is 11.3 Å². The van der Waals surface area contributed by atoms with Crippen molar-refractivity contribution in [2.75, 3.05) is 27.9 Å². The van der Waals surface area contributed by atoms with E-state index in [1.807, 2.05) is 0 Å². The highest BCUT2D eigenvalue weighted by Crippen LogP contribution is 2.38. The van der Waals surface area contributed by atoms with Gasteiger partial charge in [-0.1, -0.05) is 0 Å². The zero-order chi connectivity index (χ0) is 18.2. The number of hydrogen-bond acceptors (Lipinski definition) is 6. The number of rotatable bonds is 8. The molecular formula is C17H20N2O5S. The minimum absolute atomic E-state index is 0.0981. The number of thiophene rings is 1. The molecular weight excluding hydrogens is 344 g/mol. The highest BCUT2D eigenvalue weighted by molar-refractivity contribution is 7.08. The molecule has 0 radical (unpaired) electrons. The van der Waals surface area contributed by atoms with Crippen LogP contribution in [0.1, 0.15) is 15.9 Å². The van der Waals surface area contributed by atoms with Crippen LogP contribution < -0.4 is 24.8 Å². The first kappa shape index (κ1) is 18.6. The molecule has 0 atom stereocenters. The predicted molar refractivity (Wildman–Crippen MR) is 94.6 cm³/mol. The number of carbonyl (C=O) groups excluding carboxylic acids is 2. The van der Waals surface area contributed by atoms with E-state index in [-0.39, 0.29) is 24.9 Å². The predicted octanol–water partition coefficient (Wildman–Crippen LogP) is 1.82. The Hall–Kier alpha value is -2.74. The molecule has 0 saturated carbocycles. The molecule has 1 aromatic heterocycles. The molecule has 0 saturated heterocycles. The molecule has 25 heavy (non-hydrogen) atoms. The summed E-state index contributed by atoms with van der Waals surface area (Å²) in [6.07, 6.45) is 0. The van der Waals surface area contributed by atoms with Crippen molar-refractivity contribution in [3.8, 4) is 17.2 Å². The molecule has 2 N–H and O–H groups in total. The van der Waals surface area contributed by atoms with Crippen LogP contribution in [-0.4, -0.2) is 39.7 Å². The Balaban J connectivity index is 1.92. The van der Waals surface area contributed by atoms with Gasteiger partial charge in [0.2, 0.25) is 11.7 Å². The van der Waals surface area contributed by atoms with Gasteiger partial charge in [-0.15, -0.1) is 0 Å². The van der Waals surface area contributed by atoms with Crippen molar-refractivity contribution in [1.82, 2.24) is 10.6 Å². The van der Waals surface area contributed by atoms with Crippen LogP contribution >= 0.6 is 11.3 Å². The Morgan fingerprint density at radius 1 is 1.04 bits per heavy atom. The van der Waals surface area contributed by atoms with Crippen LogP contribution in [0.5, 0.6) is 17.2 Å². The molecule has 2 amide bonds. The molecule has 1 heterocycles. The van der Waals surface area contributed by atoms with Crippen LogP contribution in [0.2, 0.25) is 0 Å². The smallest absolute Gasteiger partial charge is 0.252 e. The van der Waals surface area contributed by atoms with Gasteiger partial charge in [0.05, 0.1) is 27.9 Å². The molecule has 0 aliphatic heterocycles. The number of hydrogen-bond donors (Lipinski definition) is 2. The van der Waals surface area contributed by atoms with Crippen molar-refractivity contribution in [3.63, 3.8) is 0 Å². The topological polar surface area (TPSA) is 85.9 Å². The molecule has 0 aliphatic rings. The summed E-state index contributed by atoms with van der Waals surface area (Å²) in [7, 11) is 4.58. The molecule has 0 spiro atoms. The molecule has 0 unspecified atom stereocenters. The van der Waals surface area contributed by atoms with E-state index < -0.39 is 0 Å². The first-order chi connectivity index (χ1) is 12.1. The van der Waals surface area contributed by atoms with Crippen LogP contribution in [0.3, 0.4) is 0 Å². The van der Waals surface area contributed by atoms with Crippen molar-refractivity contribution in [1.29, 1.82) is 0 Å². The summed E-state index contributed by atoms with van der Waals surface area (Å²) in [5.74, 6) is 0.943. The lowest BCUT2D eigenvalue weighted by molar-refractivity contribution is -0.120. The summed E-state index contributed by atoms with van der Waals surface area (Å²) in [6.45, 7) is 0.170. The SMILES string of the molecule is COc1cc(CNC(=O)CNC(=O)c2ccsc2)cc(OC)c1OC. The summed E-state index contributed by atoms with van der Waals surface area (Å²) in [5.41, 5.74) is 1.33. The van der Waals surface area contributed by atoms with Crippen molar-refractivity contribution in [2.24, 2.45) is 0 Å². The maximum Gasteiger partial charge on any atom is 0.252 e. The minimum Gasteiger partial charge on any atom is -0.493 e. The van der Waals surface area contributed by atoms with Crippen LogP contribution in [0.4, 0.5) is 0 Å². The molecule has 0 bridgehead atoms. The van der Waals surface area contributed by atoms with E-state index in [0.29, 0.717) is 22.8 Å². The van der Waals surface area contributed by atoms with Crippen molar-refractivity contribution in [2.45, 2.75) is 6.54 Å². The van der Waals surface area contributed by atoms with E-state index in [4.69, 9.17) is 14.2 Å². The fourth-order valence-corrected chi connectivity index (χ4v) is 2.79. The average molecular weight is 364 g/mol. The van der Waals surface area contributed by atoms with Gasteiger partial charge >= 0.3 is 0 Å². The van der Waals surface area contributed by atoms with Crippen molar-refractivity contribution in [3.05, 3.63) is 40.1 Å². The van der Waals surface area contributed by atoms with E-state index in [1.54, 1.807) is 29.0 Å². The molecule has 2 aromatic rings. The number of nitrogens with one attached hydrogen (secondary N) is 2. The van der Waals surface area contributed by atoms with E-state index in [2.05, 4.69) is 10.6 Å². The molecule has 134 valence electrons. The fraction of sp³-hybridized carbons (Fsp3) is 0.294. The summed E-state index contributed by atoms with van der Waals surface area (Å²) < 4.78 is 15.8. The Kier molecular flexibility index (Phi) is 6.64. The Morgan fingerprint density at radius 3 is 2.24 bits per heavy atom. The average Bonchev–Trinajstić information content (AvgIpc) is 3.18. The molecule has 2 rings (SSSR count). The minimum atomic E-state index is -0.294. The lowest BCUT2D eigenvalue weighted by Crippen LogP contribution is -2.36. The highest BCUT2D eigenvalue weighted by Gasteiger charge is 2.14. The third-order valence-electron chi connectivity index (χ3n) is 3.41. The van der Waals surface area contributed by atoms with Gasteiger partial charge < -0.3 is 24.8 Å². The van der Waals surface area contributed by atoms with Gasteiger partial charge in [0, 0.05) is 17.5 Å². The van der Waals surface area contributed by atoms with E-state index in [0.717, 1.165) is 5.56 Å². The normalized spacial score (nSPS) is 10.0. The standard InChI is InChI=1S/C17H20N2O5S/c1-22-13-6-11(7-14(23-2)16(13)24-3)8-18-15(20)9-19-17(21)12-4-5-25-10-12/h4-7,10H,8-9H2,1-3H3,(H,18,20)(H,19,21). The van der Waals surface area contributed by atoms with Crippen LogP contribution in [0.25, 0.3) is 0 Å². The second kappa shape index (κ2) is 8.93. The first-order valence-corrected chi connectivity index (χ1v) is 8.39. The summed E-state index contributed by atoms with van der Waals surface area (Å²) in [5, 5.41) is 8.84. The van der Waals surface area contributed by atoms with Gasteiger partial charge in [-0.05, 0) is 29.1 Å². The summed E-state index contributed by atoms with van der Waals surface area (Å²) in [6, 6.07) is 5.21. The second-order valence-corrected chi connectivity index (χ2v) is 5.79. The molecule has 8 heteroatoms. The second-order valence-electron chi connectivity index (χ2n) is 5.01. The lowest BCUT2D eigenvalue weighted by Gasteiger charge is -2.14. The molecule has 7 nitrogen and oxygen atoms in total. The Morgan fingerprint density at radius 2 is 1.72 bits per heavy atom. The molecule has 1 aromatic carbocycles. The molecule has 0 fully saturated rings. The van der Waals surface area contributed by atoms with Crippen LogP contribution in [0.15, 0.2) is 29.0 Å². The third kappa shape index (κ3) is 4.87. The zero-order valence-electron chi connectivity index (χ0n) is 14.3. The number of carbonyl (C=O) groups is 2. The highest BCUT2D eigenvalue weighted by atomic mass is 32.1.